The van der Waals surface area contributed by atoms with Gasteiger partial charge in [-0.3, -0.25) is 0 Å². The van der Waals surface area contributed by atoms with E-state index in [0.717, 1.165) is 18.7 Å². The van der Waals surface area contributed by atoms with Crippen molar-refractivity contribution in [3.63, 3.8) is 0 Å². The summed E-state index contributed by atoms with van der Waals surface area (Å²) in [5.74, 6) is 0.450. The smallest absolute Gasteiger partial charge is 0.167 e. The van der Waals surface area contributed by atoms with Gasteiger partial charge in [0.25, 0.3) is 0 Å². The van der Waals surface area contributed by atoms with Crippen LogP contribution in [0.15, 0.2) is 18.2 Å². The van der Waals surface area contributed by atoms with Crippen molar-refractivity contribution in [1.82, 2.24) is 0 Å². The Morgan fingerprint density at radius 3 is 2.82 bits per heavy atom. The molecule has 1 atom stereocenters. The molecule has 1 aromatic rings. The van der Waals surface area contributed by atoms with E-state index in [0.29, 0.717) is 24.8 Å². The molecule has 0 aromatic heterocycles. The normalized spacial score (nSPS) is 12.2. The van der Waals surface area contributed by atoms with Gasteiger partial charge < -0.3 is 15.8 Å². The summed E-state index contributed by atoms with van der Waals surface area (Å²) in [6, 6.07) is 4.93. The highest BCUT2D eigenvalue weighted by Gasteiger charge is 2.05. The summed E-state index contributed by atoms with van der Waals surface area (Å²) in [5.41, 5.74) is 6.24. The fourth-order valence-corrected chi connectivity index (χ4v) is 1.56. The van der Waals surface area contributed by atoms with Gasteiger partial charge in [0.15, 0.2) is 11.6 Å². The first-order valence-electron chi connectivity index (χ1n) is 6.03. The number of halogens is 1. The van der Waals surface area contributed by atoms with E-state index in [9.17, 15) is 4.39 Å². The highest BCUT2D eigenvalue weighted by molar-refractivity contribution is 5.47. The highest BCUT2D eigenvalue weighted by atomic mass is 19.1. The molecule has 3 N–H and O–H groups in total. The SMILES string of the molecule is CCOc1ccc(NCC(C)CCN)cc1F. The van der Waals surface area contributed by atoms with Crippen molar-refractivity contribution in [1.29, 1.82) is 0 Å². The molecule has 96 valence electrons. The van der Waals surface area contributed by atoms with Crippen LogP contribution in [-0.4, -0.2) is 19.7 Å². The fraction of sp³-hybridized carbons (Fsp3) is 0.538. The van der Waals surface area contributed by atoms with E-state index >= 15 is 0 Å². The van der Waals surface area contributed by atoms with E-state index in [-0.39, 0.29) is 5.82 Å². The van der Waals surface area contributed by atoms with Crippen molar-refractivity contribution in [2.75, 3.05) is 25.0 Å². The molecule has 4 heteroatoms. The van der Waals surface area contributed by atoms with Crippen LogP contribution in [0.3, 0.4) is 0 Å². The number of ether oxygens (including phenoxy) is 1. The molecule has 0 fully saturated rings. The van der Waals surface area contributed by atoms with Gasteiger partial charge in [-0.2, -0.15) is 0 Å². The van der Waals surface area contributed by atoms with Crippen LogP contribution >= 0.6 is 0 Å². The maximum absolute atomic E-state index is 13.5. The summed E-state index contributed by atoms with van der Waals surface area (Å²) < 4.78 is 18.7. The van der Waals surface area contributed by atoms with Gasteiger partial charge in [-0.1, -0.05) is 6.92 Å². The monoisotopic (exact) mass is 240 g/mol. The number of hydrogen-bond acceptors (Lipinski definition) is 3. The van der Waals surface area contributed by atoms with Gasteiger partial charge in [0.05, 0.1) is 6.61 Å². The molecule has 1 aromatic carbocycles. The van der Waals surface area contributed by atoms with E-state index in [4.69, 9.17) is 10.5 Å². The number of anilines is 1. The molecule has 1 rings (SSSR count). The van der Waals surface area contributed by atoms with Gasteiger partial charge in [0.2, 0.25) is 0 Å². The van der Waals surface area contributed by atoms with Crippen molar-refractivity contribution >= 4 is 5.69 Å². The first-order chi connectivity index (χ1) is 8.17. The Morgan fingerprint density at radius 1 is 1.47 bits per heavy atom. The van der Waals surface area contributed by atoms with E-state index < -0.39 is 0 Å². The number of hydrogen-bond donors (Lipinski definition) is 2. The topological polar surface area (TPSA) is 47.3 Å². The summed E-state index contributed by atoms with van der Waals surface area (Å²) in [4.78, 5) is 0. The van der Waals surface area contributed by atoms with Crippen molar-refractivity contribution in [2.24, 2.45) is 11.7 Å². The lowest BCUT2D eigenvalue weighted by atomic mass is 10.1. The first kappa shape index (κ1) is 13.8. The predicted molar refractivity (Wildman–Crippen MR) is 68.9 cm³/mol. The number of nitrogens with two attached hydrogens (primary N) is 1. The maximum Gasteiger partial charge on any atom is 0.167 e. The largest absolute Gasteiger partial charge is 0.491 e. The minimum atomic E-state index is -0.330. The molecule has 0 aliphatic rings. The molecule has 0 aliphatic carbocycles. The molecule has 0 spiro atoms. The Balaban J connectivity index is 2.52. The van der Waals surface area contributed by atoms with E-state index in [1.54, 1.807) is 6.07 Å². The van der Waals surface area contributed by atoms with Crippen LogP contribution in [0.2, 0.25) is 0 Å². The third kappa shape index (κ3) is 4.61. The molecule has 0 bridgehead atoms. The lowest BCUT2D eigenvalue weighted by Crippen LogP contribution is -2.15. The van der Waals surface area contributed by atoms with Crippen LogP contribution in [0.5, 0.6) is 5.75 Å². The molecule has 17 heavy (non-hydrogen) atoms. The lowest BCUT2D eigenvalue weighted by molar-refractivity contribution is 0.321. The standard InChI is InChI=1S/C13H21FN2O/c1-3-17-13-5-4-11(8-12(13)14)16-9-10(2)6-7-15/h4-5,8,10,16H,3,6-7,9,15H2,1-2H3. The fourth-order valence-electron chi connectivity index (χ4n) is 1.56. The Bertz CT molecular complexity index is 344. The van der Waals surface area contributed by atoms with Crippen LogP contribution in [0.25, 0.3) is 0 Å². The Morgan fingerprint density at radius 2 is 2.24 bits per heavy atom. The second-order valence-electron chi connectivity index (χ2n) is 4.14. The quantitative estimate of drug-likeness (QED) is 0.770. The van der Waals surface area contributed by atoms with Gasteiger partial charge in [-0.25, -0.2) is 4.39 Å². The summed E-state index contributed by atoms with van der Waals surface area (Å²) in [6.45, 7) is 5.90. The second kappa shape index (κ2) is 7.12. The minimum Gasteiger partial charge on any atom is -0.491 e. The molecular formula is C13H21FN2O. The summed E-state index contributed by atoms with van der Waals surface area (Å²) in [5, 5.41) is 3.19. The number of nitrogens with one attached hydrogen (secondary N) is 1. The molecular weight excluding hydrogens is 219 g/mol. The summed E-state index contributed by atoms with van der Waals surface area (Å²) in [7, 11) is 0. The molecule has 0 amide bonds. The first-order valence-corrected chi connectivity index (χ1v) is 6.03. The zero-order valence-corrected chi connectivity index (χ0v) is 10.5. The van der Waals surface area contributed by atoms with E-state index in [1.165, 1.54) is 6.07 Å². The van der Waals surface area contributed by atoms with Gasteiger partial charge in [-0.15, -0.1) is 0 Å². The van der Waals surface area contributed by atoms with Crippen molar-refractivity contribution < 1.29 is 9.13 Å². The van der Waals surface area contributed by atoms with E-state index in [2.05, 4.69) is 12.2 Å². The zero-order valence-electron chi connectivity index (χ0n) is 10.5. The zero-order chi connectivity index (χ0) is 12.7. The van der Waals surface area contributed by atoms with Gasteiger partial charge in [0, 0.05) is 18.3 Å². The Hall–Kier alpha value is -1.29. The number of rotatable bonds is 7. The van der Waals surface area contributed by atoms with Crippen LogP contribution < -0.4 is 15.8 Å². The molecule has 0 saturated carbocycles. The minimum absolute atomic E-state index is 0.299. The average molecular weight is 240 g/mol. The van der Waals surface area contributed by atoms with Gasteiger partial charge >= 0.3 is 0 Å². The van der Waals surface area contributed by atoms with Crippen LogP contribution in [0.4, 0.5) is 10.1 Å². The van der Waals surface area contributed by atoms with Crippen LogP contribution in [0, 0.1) is 11.7 Å². The van der Waals surface area contributed by atoms with Gasteiger partial charge in [0.1, 0.15) is 0 Å². The van der Waals surface area contributed by atoms with Crippen LogP contribution in [0.1, 0.15) is 20.3 Å². The third-order valence-electron chi connectivity index (χ3n) is 2.55. The summed E-state index contributed by atoms with van der Waals surface area (Å²) >= 11 is 0. The molecule has 3 nitrogen and oxygen atoms in total. The van der Waals surface area contributed by atoms with E-state index in [1.807, 2.05) is 13.0 Å². The molecule has 1 unspecified atom stereocenters. The highest BCUT2D eigenvalue weighted by Crippen LogP contribution is 2.21. The summed E-state index contributed by atoms with van der Waals surface area (Å²) in [6.07, 6.45) is 0.965. The Kier molecular flexibility index (Phi) is 5.77. The van der Waals surface area contributed by atoms with Gasteiger partial charge in [-0.05, 0) is 37.9 Å². The molecule has 0 radical (unpaired) electrons. The second-order valence-corrected chi connectivity index (χ2v) is 4.14. The third-order valence-corrected chi connectivity index (χ3v) is 2.55. The maximum atomic E-state index is 13.5. The van der Waals surface area contributed by atoms with Crippen molar-refractivity contribution in [3.8, 4) is 5.75 Å². The predicted octanol–water partition coefficient (Wildman–Crippen LogP) is 2.62. The number of benzene rings is 1. The van der Waals surface area contributed by atoms with Crippen LogP contribution in [-0.2, 0) is 0 Å². The Labute approximate surface area is 102 Å². The van der Waals surface area contributed by atoms with Crippen molar-refractivity contribution in [2.45, 2.75) is 20.3 Å². The molecule has 0 aliphatic heterocycles. The van der Waals surface area contributed by atoms with Crippen molar-refractivity contribution in [3.05, 3.63) is 24.0 Å². The molecule has 0 saturated heterocycles. The lowest BCUT2D eigenvalue weighted by Gasteiger charge is -2.13. The molecule has 0 heterocycles. The average Bonchev–Trinajstić information content (AvgIpc) is 2.30.